The summed E-state index contributed by atoms with van der Waals surface area (Å²) in [4.78, 5) is 9.39. The van der Waals surface area contributed by atoms with Crippen LogP contribution in [-0.4, -0.2) is 119 Å². The quantitative estimate of drug-likeness (QED) is 0.406. The summed E-state index contributed by atoms with van der Waals surface area (Å²) in [5.41, 5.74) is 0. The van der Waals surface area contributed by atoms with Gasteiger partial charge in [-0.05, 0) is 27.7 Å². The lowest BCUT2D eigenvalue weighted by Crippen LogP contribution is -2.54. The first kappa shape index (κ1) is 24.3. The molecular formula is C19H39N5O4S. The number of guanidine groups is 1. The van der Waals surface area contributed by atoms with Crippen molar-refractivity contribution in [3.05, 3.63) is 0 Å². The molecule has 1 N–H and O–H groups in total. The molecule has 2 fully saturated rings. The highest BCUT2D eigenvalue weighted by Crippen LogP contribution is 2.10. The lowest BCUT2D eigenvalue weighted by molar-refractivity contribution is 0.0220. The van der Waals surface area contributed by atoms with E-state index in [4.69, 9.17) is 14.5 Å². The van der Waals surface area contributed by atoms with Gasteiger partial charge in [-0.1, -0.05) is 0 Å². The summed E-state index contributed by atoms with van der Waals surface area (Å²) < 4.78 is 37.5. The molecule has 2 aliphatic rings. The Morgan fingerprint density at radius 3 is 2.34 bits per heavy atom. The van der Waals surface area contributed by atoms with Crippen molar-refractivity contribution in [2.75, 3.05) is 77.9 Å². The third-order valence-electron chi connectivity index (χ3n) is 5.23. The van der Waals surface area contributed by atoms with Crippen molar-refractivity contribution < 1.29 is 17.9 Å². The Bertz CT molecular complexity index is 600. The molecule has 0 aromatic carbocycles. The Kier molecular flexibility index (Phi) is 10.1. The number of ether oxygens (including phenoxy) is 2. The SMILES string of the molecule is CCNC(=NCC(C)N1CCOCC1)N1CCN(S(=O)(=O)CCOC(C)C)CC1. The maximum absolute atomic E-state index is 12.5. The van der Waals surface area contributed by atoms with E-state index in [1.807, 2.05) is 13.8 Å². The van der Waals surface area contributed by atoms with Gasteiger partial charge in [-0.15, -0.1) is 0 Å². The van der Waals surface area contributed by atoms with Gasteiger partial charge in [0.15, 0.2) is 5.96 Å². The average Bonchev–Trinajstić information content (AvgIpc) is 2.71. The molecule has 1 atom stereocenters. The first-order valence-electron chi connectivity index (χ1n) is 10.8. The van der Waals surface area contributed by atoms with Gasteiger partial charge in [-0.3, -0.25) is 9.89 Å². The summed E-state index contributed by atoms with van der Waals surface area (Å²) in [7, 11) is -3.28. The van der Waals surface area contributed by atoms with Crippen LogP contribution >= 0.6 is 0 Å². The third kappa shape index (κ3) is 8.01. The fourth-order valence-corrected chi connectivity index (χ4v) is 4.76. The first-order chi connectivity index (χ1) is 13.8. The number of nitrogens with one attached hydrogen (secondary N) is 1. The second kappa shape index (κ2) is 12.0. The summed E-state index contributed by atoms with van der Waals surface area (Å²) in [5, 5.41) is 3.36. The maximum Gasteiger partial charge on any atom is 0.216 e. The molecule has 170 valence electrons. The smallest absolute Gasteiger partial charge is 0.216 e. The predicted molar refractivity (Wildman–Crippen MR) is 116 cm³/mol. The first-order valence-corrected chi connectivity index (χ1v) is 12.4. The standard InChI is InChI=1S/C19H39N5O4S/c1-5-20-19(21-16-18(4)22-10-12-27-13-11-22)23-6-8-24(9-7-23)29(25,26)15-14-28-17(2)3/h17-18H,5-16H2,1-4H3,(H,20,21). The molecule has 2 aliphatic heterocycles. The molecule has 29 heavy (non-hydrogen) atoms. The number of morpholine rings is 1. The van der Waals surface area contributed by atoms with Crippen molar-refractivity contribution in [1.29, 1.82) is 0 Å². The predicted octanol–water partition coefficient (Wildman–Crippen LogP) is 0.0450. The van der Waals surface area contributed by atoms with Crippen molar-refractivity contribution in [3.8, 4) is 0 Å². The Morgan fingerprint density at radius 2 is 1.76 bits per heavy atom. The second-order valence-electron chi connectivity index (χ2n) is 7.81. The van der Waals surface area contributed by atoms with Crippen LogP contribution in [0.15, 0.2) is 4.99 Å². The summed E-state index contributed by atoms with van der Waals surface area (Å²) in [6.45, 7) is 15.5. The number of piperazine rings is 1. The van der Waals surface area contributed by atoms with E-state index in [1.165, 1.54) is 0 Å². The zero-order valence-electron chi connectivity index (χ0n) is 18.5. The van der Waals surface area contributed by atoms with Gasteiger partial charge in [0.2, 0.25) is 10.0 Å². The van der Waals surface area contributed by atoms with Crippen LogP contribution in [0.3, 0.4) is 0 Å². The molecule has 1 unspecified atom stereocenters. The number of aliphatic imine (C=N–C) groups is 1. The van der Waals surface area contributed by atoms with E-state index in [0.717, 1.165) is 38.8 Å². The van der Waals surface area contributed by atoms with Crippen LogP contribution in [0.1, 0.15) is 27.7 Å². The Morgan fingerprint density at radius 1 is 1.10 bits per heavy atom. The molecule has 0 radical (unpaired) electrons. The molecular weight excluding hydrogens is 394 g/mol. The van der Waals surface area contributed by atoms with E-state index < -0.39 is 10.0 Å². The lowest BCUT2D eigenvalue weighted by atomic mass is 10.2. The number of nitrogens with zero attached hydrogens (tertiary/aromatic N) is 4. The van der Waals surface area contributed by atoms with Crippen molar-refractivity contribution in [1.82, 2.24) is 19.4 Å². The minimum Gasteiger partial charge on any atom is -0.379 e. The van der Waals surface area contributed by atoms with Crippen molar-refractivity contribution in [2.24, 2.45) is 4.99 Å². The van der Waals surface area contributed by atoms with Crippen molar-refractivity contribution in [2.45, 2.75) is 39.8 Å². The minimum atomic E-state index is -3.28. The average molecular weight is 434 g/mol. The normalized spacial score (nSPS) is 21.6. The molecule has 0 aliphatic carbocycles. The molecule has 0 amide bonds. The van der Waals surface area contributed by atoms with Gasteiger partial charge in [0.05, 0.1) is 38.2 Å². The zero-order valence-corrected chi connectivity index (χ0v) is 19.3. The van der Waals surface area contributed by atoms with E-state index in [0.29, 0.717) is 38.8 Å². The van der Waals surface area contributed by atoms with Gasteiger partial charge in [-0.2, -0.15) is 4.31 Å². The van der Waals surface area contributed by atoms with Crippen LogP contribution in [-0.2, 0) is 19.5 Å². The third-order valence-corrected chi connectivity index (χ3v) is 7.07. The van der Waals surface area contributed by atoms with Crippen LogP contribution in [0.5, 0.6) is 0 Å². The van der Waals surface area contributed by atoms with E-state index in [2.05, 4.69) is 29.0 Å². The van der Waals surface area contributed by atoms with Crippen LogP contribution in [0.2, 0.25) is 0 Å². The van der Waals surface area contributed by atoms with Gasteiger partial charge in [-0.25, -0.2) is 8.42 Å². The number of rotatable bonds is 9. The van der Waals surface area contributed by atoms with E-state index in [-0.39, 0.29) is 18.5 Å². The molecule has 10 heteroatoms. The highest BCUT2D eigenvalue weighted by Gasteiger charge is 2.28. The van der Waals surface area contributed by atoms with Gasteiger partial charge >= 0.3 is 0 Å². The minimum absolute atomic E-state index is 0.0381. The highest BCUT2D eigenvalue weighted by molar-refractivity contribution is 7.89. The van der Waals surface area contributed by atoms with Crippen molar-refractivity contribution >= 4 is 16.0 Å². The van der Waals surface area contributed by atoms with Gasteiger partial charge in [0.1, 0.15) is 0 Å². The highest BCUT2D eigenvalue weighted by atomic mass is 32.2. The Labute approximate surface area is 176 Å². The molecule has 0 aromatic heterocycles. The molecule has 2 saturated heterocycles. The number of hydrogen-bond donors (Lipinski definition) is 1. The molecule has 0 aromatic rings. The fourth-order valence-electron chi connectivity index (χ4n) is 3.47. The van der Waals surface area contributed by atoms with Gasteiger partial charge in [0.25, 0.3) is 0 Å². The topological polar surface area (TPSA) is 86.7 Å². The second-order valence-corrected chi connectivity index (χ2v) is 9.90. The van der Waals surface area contributed by atoms with E-state index >= 15 is 0 Å². The Hall–Kier alpha value is -0.940. The van der Waals surface area contributed by atoms with Crippen LogP contribution in [0.4, 0.5) is 0 Å². The summed E-state index contributed by atoms with van der Waals surface area (Å²) in [6.07, 6.45) is 0.0424. The Balaban J connectivity index is 1.86. The summed E-state index contributed by atoms with van der Waals surface area (Å²) in [6, 6.07) is 0.357. The summed E-state index contributed by atoms with van der Waals surface area (Å²) in [5.74, 6) is 0.906. The molecule has 9 nitrogen and oxygen atoms in total. The van der Waals surface area contributed by atoms with Crippen molar-refractivity contribution in [3.63, 3.8) is 0 Å². The number of sulfonamides is 1. The zero-order chi connectivity index (χ0) is 21.3. The monoisotopic (exact) mass is 433 g/mol. The van der Waals surface area contributed by atoms with Crippen LogP contribution in [0.25, 0.3) is 0 Å². The largest absolute Gasteiger partial charge is 0.379 e. The fraction of sp³-hybridized carbons (Fsp3) is 0.947. The van der Waals surface area contributed by atoms with Crippen LogP contribution < -0.4 is 5.32 Å². The van der Waals surface area contributed by atoms with Crippen LogP contribution in [0, 0.1) is 0 Å². The maximum atomic E-state index is 12.5. The lowest BCUT2D eigenvalue weighted by Gasteiger charge is -2.36. The van der Waals surface area contributed by atoms with E-state index in [1.54, 1.807) is 4.31 Å². The molecule has 0 spiro atoms. The molecule has 0 bridgehead atoms. The molecule has 0 saturated carbocycles. The van der Waals surface area contributed by atoms with Gasteiger partial charge < -0.3 is 19.7 Å². The molecule has 2 rings (SSSR count). The van der Waals surface area contributed by atoms with E-state index in [9.17, 15) is 8.42 Å². The number of hydrogen-bond acceptors (Lipinski definition) is 6. The van der Waals surface area contributed by atoms with Gasteiger partial charge in [0, 0.05) is 51.9 Å². The summed E-state index contributed by atoms with van der Waals surface area (Å²) >= 11 is 0. The molecule has 2 heterocycles.